The Bertz CT molecular complexity index is 1960. The highest BCUT2D eigenvalue weighted by Crippen LogP contribution is 2.56. The van der Waals surface area contributed by atoms with Crippen molar-refractivity contribution in [1.29, 1.82) is 0 Å². The van der Waals surface area contributed by atoms with Crippen LogP contribution in [0.2, 0.25) is 0 Å². The van der Waals surface area contributed by atoms with Gasteiger partial charge in [0, 0.05) is 10.8 Å². The Hall–Kier alpha value is -4.16. The Balaban J connectivity index is 1.39. The van der Waals surface area contributed by atoms with Crippen molar-refractivity contribution >= 4 is 21.5 Å². The normalized spacial score (nSPS) is 15.8. The van der Waals surface area contributed by atoms with Gasteiger partial charge in [-0.15, -0.1) is 0 Å². The monoisotopic (exact) mass is 486 g/mol. The highest BCUT2D eigenvalue weighted by atomic mass is 14.4. The van der Waals surface area contributed by atoms with Gasteiger partial charge in [0.05, 0.1) is 0 Å². The van der Waals surface area contributed by atoms with Gasteiger partial charge in [-0.2, -0.15) is 0 Å². The van der Waals surface area contributed by atoms with Gasteiger partial charge in [-0.25, -0.2) is 0 Å². The summed E-state index contributed by atoms with van der Waals surface area (Å²) in [5.74, 6) is 0. The quantitative estimate of drug-likeness (QED) is 0.217. The summed E-state index contributed by atoms with van der Waals surface area (Å²) >= 11 is 0. The number of hydrogen-bond donors (Lipinski definition) is 0. The SMILES string of the molecule is CC1(C)c2ccccc2-c2c1ccc1c3c(ccc21)C(C)(C)c1cc(-c2cccc4ccccc24)ccc1-3. The first-order chi connectivity index (χ1) is 18.4. The maximum Gasteiger partial charge on any atom is 0.0159 e. The first-order valence-corrected chi connectivity index (χ1v) is 13.7. The fourth-order valence-corrected chi connectivity index (χ4v) is 7.49. The lowest BCUT2D eigenvalue weighted by Crippen LogP contribution is -2.15. The molecule has 182 valence electrons. The second kappa shape index (κ2) is 7.23. The molecule has 38 heavy (non-hydrogen) atoms. The summed E-state index contributed by atoms with van der Waals surface area (Å²) in [4.78, 5) is 0. The molecule has 0 saturated heterocycles. The molecule has 0 unspecified atom stereocenters. The van der Waals surface area contributed by atoms with Crippen molar-refractivity contribution < 1.29 is 0 Å². The molecule has 8 rings (SSSR count). The molecule has 0 amide bonds. The number of rotatable bonds is 1. The molecule has 2 aliphatic rings. The van der Waals surface area contributed by atoms with Gasteiger partial charge in [-0.1, -0.05) is 131 Å². The zero-order valence-electron chi connectivity index (χ0n) is 22.4. The van der Waals surface area contributed by atoms with Gasteiger partial charge in [-0.05, 0) is 83.2 Å². The Labute approximate surface area is 224 Å². The van der Waals surface area contributed by atoms with Crippen LogP contribution < -0.4 is 0 Å². The van der Waals surface area contributed by atoms with Gasteiger partial charge in [0.2, 0.25) is 0 Å². The lowest BCUT2D eigenvalue weighted by molar-refractivity contribution is 0.660. The van der Waals surface area contributed by atoms with E-state index in [0.29, 0.717) is 0 Å². The van der Waals surface area contributed by atoms with Crippen molar-refractivity contribution in [3.8, 4) is 33.4 Å². The molecule has 6 aromatic carbocycles. The van der Waals surface area contributed by atoms with Crippen molar-refractivity contribution in [3.63, 3.8) is 0 Å². The predicted molar refractivity (Wildman–Crippen MR) is 162 cm³/mol. The summed E-state index contributed by atoms with van der Waals surface area (Å²) in [5, 5.41) is 5.35. The third-order valence-corrected chi connectivity index (χ3v) is 9.48. The average Bonchev–Trinajstić information content (AvgIpc) is 3.32. The molecule has 0 heterocycles. The molecule has 0 aliphatic heterocycles. The Morgan fingerprint density at radius 2 is 0.974 bits per heavy atom. The molecule has 2 aliphatic carbocycles. The van der Waals surface area contributed by atoms with Crippen LogP contribution in [0.25, 0.3) is 54.9 Å². The molecule has 0 N–H and O–H groups in total. The van der Waals surface area contributed by atoms with Crippen molar-refractivity contribution in [1.82, 2.24) is 0 Å². The van der Waals surface area contributed by atoms with Crippen molar-refractivity contribution in [2.75, 3.05) is 0 Å². The minimum absolute atomic E-state index is 0.0175. The molecule has 0 bridgehead atoms. The Kier molecular flexibility index (Phi) is 4.17. The second-order valence-electron chi connectivity index (χ2n) is 12.2. The summed E-state index contributed by atoms with van der Waals surface area (Å²) in [6.45, 7) is 9.51. The van der Waals surface area contributed by atoms with Crippen molar-refractivity contribution in [2.45, 2.75) is 38.5 Å². The minimum Gasteiger partial charge on any atom is -0.0619 e. The molecule has 6 aromatic rings. The van der Waals surface area contributed by atoms with Crippen LogP contribution in [0.3, 0.4) is 0 Å². The van der Waals surface area contributed by atoms with E-state index >= 15 is 0 Å². The predicted octanol–water partition coefficient (Wildman–Crippen LogP) is 10.3. The molecular formula is C38H30. The van der Waals surface area contributed by atoms with Crippen molar-refractivity contribution in [2.24, 2.45) is 0 Å². The van der Waals surface area contributed by atoms with Crippen LogP contribution in [-0.2, 0) is 10.8 Å². The minimum atomic E-state index is -0.0599. The third kappa shape index (κ3) is 2.65. The zero-order chi connectivity index (χ0) is 25.8. The number of benzene rings is 6. The standard InChI is InChI=1S/C38H30/c1-37(2)31-15-8-7-13-29(31)35-27-19-21-33-36(28(27)18-20-32(35)37)30-17-16-24(22-34(30)38(33,3)4)26-14-9-11-23-10-5-6-12-25(23)26/h5-22H,1-4H3. The van der Waals surface area contributed by atoms with E-state index in [4.69, 9.17) is 0 Å². The lowest BCUT2D eigenvalue weighted by Gasteiger charge is -2.23. The number of hydrogen-bond acceptors (Lipinski definition) is 0. The summed E-state index contributed by atoms with van der Waals surface area (Å²) in [5.41, 5.74) is 13.9. The van der Waals surface area contributed by atoms with Crippen LogP contribution in [0.5, 0.6) is 0 Å². The Morgan fingerprint density at radius 3 is 1.74 bits per heavy atom. The fourth-order valence-electron chi connectivity index (χ4n) is 7.49. The van der Waals surface area contributed by atoms with E-state index in [1.165, 1.54) is 77.2 Å². The molecule has 0 fully saturated rings. The van der Waals surface area contributed by atoms with E-state index in [1.54, 1.807) is 0 Å². The van der Waals surface area contributed by atoms with E-state index in [1.807, 2.05) is 0 Å². The first kappa shape index (κ1) is 21.9. The van der Waals surface area contributed by atoms with E-state index in [0.717, 1.165) is 0 Å². The Morgan fingerprint density at radius 1 is 0.395 bits per heavy atom. The maximum atomic E-state index is 2.45. The summed E-state index contributed by atoms with van der Waals surface area (Å²) in [6.07, 6.45) is 0. The fraction of sp³-hybridized carbons (Fsp3) is 0.158. The van der Waals surface area contributed by atoms with Crippen LogP contribution in [0, 0.1) is 0 Å². The zero-order valence-corrected chi connectivity index (χ0v) is 22.4. The molecule has 0 spiro atoms. The molecule has 0 saturated carbocycles. The largest absolute Gasteiger partial charge is 0.0619 e. The first-order valence-electron chi connectivity index (χ1n) is 13.7. The molecule has 0 nitrogen and oxygen atoms in total. The molecule has 0 heteroatoms. The molecule has 0 radical (unpaired) electrons. The van der Waals surface area contributed by atoms with E-state index in [-0.39, 0.29) is 10.8 Å². The van der Waals surface area contributed by atoms with Gasteiger partial charge in [0.15, 0.2) is 0 Å². The highest BCUT2D eigenvalue weighted by molar-refractivity contribution is 6.11. The summed E-state index contributed by atoms with van der Waals surface area (Å²) in [7, 11) is 0. The smallest absolute Gasteiger partial charge is 0.0159 e. The average molecular weight is 487 g/mol. The van der Waals surface area contributed by atoms with Crippen LogP contribution >= 0.6 is 0 Å². The third-order valence-electron chi connectivity index (χ3n) is 9.48. The van der Waals surface area contributed by atoms with Gasteiger partial charge in [0.1, 0.15) is 0 Å². The van der Waals surface area contributed by atoms with Crippen LogP contribution in [0.4, 0.5) is 0 Å². The van der Waals surface area contributed by atoms with Crippen molar-refractivity contribution in [3.05, 3.63) is 131 Å². The van der Waals surface area contributed by atoms with E-state index in [2.05, 4.69) is 137 Å². The maximum absolute atomic E-state index is 2.45. The molecular weight excluding hydrogens is 456 g/mol. The molecule has 0 aromatic heterocycles. The topological polar surface area (TPSA) is 0 Å². The van der Waals surface area contributed by atoms with Crippen LogP contribution in [0.1, 0.15) is 49.9 Å². The summed E-state index contributed by atoms with van der Waals surface area (Å²) in [6, 6.07) is 41.1. The summed E-state index contributed by atoms with van der Waals surface area (Å²) < 4.78 is 0. The lowest BCUT2D eigenvalue weighted by atomic mass is 9.80. The van der Waals surface area contributed by atoms with Gasteiger partial charge < -0.3 is 0 Å². The van der Waals surface area contributed by atoms with Gasteiger partial charge in [-0.3, -0.25) is 0 Å². The van der Waals surface area contributed by atoms with Crippen LogP contribution in [0.15, 0.2) is 109 Å². The highest BCUT2D eigenvalue weighted by Gasteiger charge is 2.39. The van der Waals surface area contributed by atoms with E-state index in [9.17, 15) is 0 Å². The van der Waals surface area contributed by atoms with E-state index < -0.39 is 0 Å². The van der Waals surface area contributed by atoms with Gasteiger partial charge >= 0.3 is 0 Å². The molecule has 0 atom stereocenters. The number of fused-ring (bicyclic) bond motifs is 10. The van der Waals surface area contributed by atoms with Crippen LogP contribution in [-0.4, -0.2) is 0 Å². The van der Waals surface area contributed by atoms with Gasteiger partial charge in [0.25, 0.3) is 0 Å². The second-order valence-corrected chi connectivity index (χ2v) is 12.2.